The average molecular weight is 216 g/mol. The van der Waals surface area contributed by atoms with E-state index in [2.05, 4.69) is 19.9 Å². The van der Waals surface area contributed by atoms with Crippen molar-refractivity contribution in [2.75, 3.05) is 0 Å². The second-order valence-corrected chi connectivity index (χ2v) is 5.35. The van der Waals surface area contributed by atoms with E-state index in [9.17, 15) is 4.79 Å². The first-order valence-corrected chi connectivity index (χ1v) is 6.26. The third-order valence-corrected chi connectivity index (χ3v) is 3.66. The van der Waals surface area contributed by atoms with E-state index in [1.165, 1.54) is 24.8 Å². The number of unbranched alkanes of at least 4 members (excludes halogenated alkanes) is 1. The molecule has 16 heavy (non-hydrogen) atoms. The molecule has 1 atom stereocenters. The maximum atomic E-state index is 12.1. The SMILES string of the molecule is CCCC[C@@]1(C)CC(=O)c2ccccc2C1. The summed E-state index contributed by atoms with van der Waals surface area (Å²) in [6.45, 7) is 4.47. The number of ketones is 1. The Kier molecular flexibility index (Phi) is 3.13. The molecule has 0 heterocycles. The Labute approximate surface area is 97.9 Å². The van der Waals surface area contributed by atoms with Crippen LogP contribution in [-0.4, -0.2) is 5.78 Å². The summed E-state index contributed by atoms with van der Waals surface area (Å²) < 4.78 is 0. The van der Waals surface area contributed by atoms with Crippen LogP contribution < -0.4 is 0 Å². The minimum absolute atomic E-state index is 0.196. The highest BCUT2D eigenvalue weighted by atomic mass is 16.1. The molecule has 1 heteroatoms. The molecule has 0 aromatic heterocycles. The van der Waals surface area contributed by atoms with Gasteiger partial charge in [-0.1, -0.05) is 51.0 Å². The van der Waals surface area contributed by atoms with Crippen LogP contribution in [0.5, 0.6) is 0 Å². The van der Waals surface area contributed by atoms with Crippen molar-refractivity contribution in [3.05, 3.63) is 35.4 Å². The largest absolute Gasteiger partial charge is 0.294 e. The Morgan fingerprint density at radius 3 is 2.75 bits per heavy atom. The van der Waals surface area contributed by atoms with E-state index >= 15 is 0 Å². The minimum atomic E-state index is 0.196. The first kappa shape index (κ1) is 11.4. The fourth-order valence-electron chi connectivity index (χ4n) is 2.73. The van der Waals surface area contributed by atoms with Crippen LogP contribution in [0.4, 0.5) is 0 Å². The van der Waals surface area contributed by atoms with Gasteiger partial charge in [-0.15, -0.1) is 0 Å². The summed E-state index contributed by atoms with van der Waals surface area (Å²) in [4.78, 5) is 12.1. The van der Waals surface area contributed by atoms with Crippen LogP contribution in [-0.2, 0) is 6.42 Å². The molecule has 1 nitrogen and oxygen atoms in total. The Morgan fingerprint density at radius 1 is 1.25 bits per heavy atom. The van der Waals surface area contributed by atoms with Crippen molar-refractivity contribution in [1.29, 1.82) is 0 Å². The van der Waals surface area contributed by atoms with Gasteiger partial charge in [0.2, 0.25) is 0 Å². The van der Waals surface area contributed by atoms with Gasteiger partial charge in [0.05, 0.1) is 0 Å². The molecule has 1 aliphatic rings. The number of carbonyl (C=O) groups excluding carboxylic acids is 1. The lowest BCUT2D eigenvalue weighted by atomic mass is 9.70. The smallest absolute Gasteiger partial charge is 0.163 e. The maximum Gasteiger partial charge on any atom is 0.163 e. The molecule has 0 bridgehead atoms. The predicted octanol–water partition coefficient (Wildman–Crippen LogP) is 4.01. The summed E-state index contributed by atoms with van der Waals surface area (Å²) >= 11 is 0. The van der Waals surface area contributed by atoms with Gasteiger partial charge in [0.1, 0.15) is 0 Å². The summed E-state index contributed by atoms with van der Waals surface area (Å²) in [7, 11) is 0. The van der Waals surface area contributed by atoms with Gasteiger partial charge in [-0.25, -0.2) is 0 Å². The molecule has 0 aliphatic heterocycles. The topological polar surface area (TPSA) is 17.1 Å². The van der Waals surface area contributed by atoms with Crippen molar-refractivity contribution < 1.29 is 4.79 Å². The lowest BCUT2D eigenvalue weighted by Gasteiger charge is -2.34. The van der Waals surface area contributed by atoms with Gasteiger partial charge in [0.25, 0.3) is 0 Å². The molecule has 0 radical (unpaired) electrons. The minimum Gasteiger partial charge on any atom is -0.294 e. The zero-order valence-corrected chi connectivity index (χ0v) is 10.3. The fourth-order valence-corrected chi connectivity index (χ4v) is 2.73. The maximum absolute atomic E-state index is 12.1. The molecular weight excluding hydrogens is 196 g/mol. The van der Waals surface area contributed by atoms with E-state index in [0.29, 0.717) is 5.78 Å². The monoisotopic (exact) mass is 216 g/mol. The van der Waals surface area contributed by atoms with Gasteiger partial charge in [-0.2, -0.15) is 0 Å². The van der Waals surface area contributed by atoms with Crippen molar-refractivity contribution in [2.45, 2.75) is 46.0 Å². The summed E-state index contributed by atoms with van der Waals surface area (Å²) in [6.07, 6.45) is 5.40. The van der Waals surface area contributed by atoms with Crippen molar-refractivity contribution in [3.8, 4) is 0 Å². The van der Waals surface area contributed by atoms with E-state index in [1.807, 2.05) is 18.2 Å². The van der Waals surface area contributed by atoms with Gasteiger partial charge in [0, 0.05) is 12.0 Å². The van der Waals surface area contributed by atoms with Gasteiger partial charge < -0.3 is 0 Å². The number of carbonyl (C=O) groups is 1. The third-order valence-electron chi connectivity index (χ3n) is 3.66. The number of fused-ring (bicyclic) bond motifs is 1. The van der Waals surface area contributed by atoms with Crippen molar-refractivity contribution >= 4 is 5.78 Å². The number of rotatable bonds is 3. The van der Waals surface area contributed by atoms with Gasteiger partial charge in [-0.05, 0) is 23.8 Å². The van der Waals surface area contributed by atoms with E-state index in [0.717, 1.165) is 18.4 Å². The highest BCUT2D eigenvalue weighted by Gasteiger charge is 2.33. The third kappa shape index (κ3) is 2.18. The normalized spacial score (nSPS) is 24.2. The van der Waals surface area contributed by atoms with Crippen molar-refractivity contribution in [2.24, 2.45) is 5.41 Å². The highest BCUT2D eigenvalue weighted by Crippen LogP contribution is 2.38. The molecule has 0 N–H and O–H groups in total. The molecule has 0 spiro atoms. The van der Waals surface area contributed by atoms with Crippen LogP contribution >= 0.6 is 0 Å². The molecule has 0 unspecified atom stereocenters. The molecule has 86 valence electrons. The van der Waals surface area contributed by atoms with Gasteiger partial charge >= 0.3 is 0 Å². The molecule has 0 fully saturated rings. The van der Waals surface area contributed by atoms with E-state index in [1.54, 1.807) is 0 Å². The van der Waals surface area contributed by atoms with Crippen LogP contribution in [0.1, 0.15) is 55.5 Å². The van der Waals surface area contributed by atoms with Crippen LogP contribution in [0.15, 0.2) is 24.3 Å². The van der Waals surface area contributed by atoms with E-state index in [4.69, 9.17) is 0 Å². The number of Topliss-reactive ketones (excluding diaryl/α,β-unsaturated/α-hetero) is 1. The Bertz CT molecular complexity index is 394. The summed E-state index contributed by atoms with van der Waals surface area (Å²) in [5.41, 5.74) is 2.40. The predicted molar refractivity (Wildman–Crippen MR) is 66.7 cm³/mol. The molecule has 2 rings (SSSR count). The standard InChI is InChI=1S/C15H20O/c1-3-4-9-15(2)10-12-7-5-6-8-13(12)14(16)11-15/h5-8H,3-4,9-11H2,1-2H3/t15-/m1/s1. The number of hydrogen-bond donors (Lipinski definition) is 0. The van der Waals surface area contributed by atoms with E-state index < -0.39 is 0 Å². The fraction of sp³-hybridized carbons (Fsp3) is 0.533. The molecule has 0 amide bonds. The first-order chi connectivity index (χ1) is 7.64. The highest BCUT2D eigenvalue weighted by molar-refractivity contribution is 5.99. The molecular formula is C15H20O. The number of hydrogen-bond acceptors (Lipinski definition) is 1. The molecule has 1 aliphatic carbocycles. The van der Waals surface area contributed by atoms with Crippen LogP contribution in [0.25, 0.3) is 0 Å². The zero-order chi connectivity index (χ0) is 11.6. The Hall–Kier alpha value is -1.11. The van der Waals surface area contributed by atoms with Crippen molar-refractivity contribution in [1.82, 2.24) is 0 Å². The lowest BCUT2D eigenvalue weighted by Crippen LogP contribution is -2.29. The zero-order valence-electron chi connectivity index (χ0n) is 10.3. The lowest BCUT2D eigenvalue weighted by molar-refractivity contribution is 0.0888. The van der Waals surface area contributed by atoms with Crippen LogP contribution in [0.2, 0.25) is 0 Å². The van der Waals surface area contributed by atoms with Crippen LogP contribution in [0, 0.1) is 5.41 Å². The quantitative estimate of drug-likeness (QED) is 0.746. The van der Waals surface area contributed by atoms with Gasteiger partial charge in [-0.3, -0.25) is 4.79 Å². The second kappa shape index (κ2) is 4.40. The second-order valence-electron chi connectivity index (χ2n) is 5.35. The molecule has 0 saturated carbocycles. The summed E-state index contributed by atoms with van der Waals surface area (Å²) in [6, 6.07) is 8.08. The van der Waals surface area contributed by atoms with E-state index in [-0.39, 0.29) is 5.41 Å². The Morgan fingerprint density at radius 2 is 2.00 bits per heavy atom. The molecule has 1 aromatic carbocycles. The Balaban J connectivity index is 2.23. The van der Waals surface area contributed by atoms with Gasteiger partial charge in [0.15, 0.2) is 5.78 Å². The van der Waals surface area contributed by atoms with Crippen LogP contribution in [0.3, 0.4) is 0 Å². The average Bonchev–Trinajstić information content (AvgIpc) is 2.26. The molecule has 0 saturated heterocycles. The van der Waals surface area contributed by atoms with Crippen molar-refractivity contribution in [3.63, 3.8) is 0 Å². The first-order valence-electron chi connectivity index (χ1n) is 6.26. The molecule has 1 aromatic rings. The number of benzene rings is 1. The summed E-state index contributed by atoms with van der Waals surface area (Å²) in [5.74, 6) is 0.334. The summed E-state index contributed by atoms with van der Waals surface area (Å²) in [5, 5.41) is 0.